The van der Waals surface area contributed by atoms with E-state index >= 15 is 0 Å². The number of carbonyl (C=O) groups excluding carboxylic acids is 2. The van der Waals surface area contributed by atoms with E-state index in [1.54, 1.807) is 0 Å². The summed E-state index contributed by atoms with van der Waals surface area (Å²) in [5.74, 6) is 0.611. The molecule has 2 unspecified atom stereocenters. The number of nitrogens with zero attached hydrogens (tertiary/aromatic N) is 1. The average Bonchev–Trinajstić information content (AvgIpc) is 3.14. The number of imide groups is 1. The molecule has 5 nitrogen and oxygen atoms in total. The second kappa shape index (κ2) is 6.44. The van der Waals surface area contributed by atoms with Gasteiger partial charge in [-0.05, 0) is 57.2 Å². The van der Waals surface area contributed by atoms with Crippen molar-refractivity contribution in [1.82, 2.24) is 4.90 Å². The van der Waals surface area contributed by atoms with Crippen molar-refractivity contribution in [1.29, 1.82) is 0 Å². The van der Waals surface area contributed by atoms with Crippen LogP contribution >= 0.6 is 0 Å². The lowest BCUT2D eigenvalue weighted by Crippen LogP contribution is -2.49. The molecule has 0 aromatic carbocycles. The maximum atomic E-state index is 13.2. The summed E-state index contributed by atoms with van der Waals surface area (Å²) in [5.41, 5.74) is -0.628. The van der Waals surface area contributed by atoms with Crippen molar-refractivity contribution in [3.8, 4) is 0 Å². The summed E-state index contributed by atoms with van der Waals surface area (Å²) in [5, 5.41) is 0.0837. The highest BCUT2D eigenvalue weighted by Gasteiger charge is 2.61. The van der Waals surface area contributed by atoms with Gasteiger partial charge in [-0.2, -0.15) is 0 Å². The average molecular weight is 394 g/mol. The highest BCUT2D eigenvalue weighted by atomic mass is 28.4. The Morgan fingerprint density at radius 2 is 1.74 bits per heavy atom. The van der Waals surface area contributed by atoms with Gasteiger partial charge in [0.2, 0.25) is 5.91 Å². The molecule has 2 fully saturated rings. The highest BCUT2D eigenvalue weighted by Crippen LogP contribution is 2.55. The molecule has 2 amide bonds. The minimum Gasteiger partial charge on any atom is -0.443 e. The maximum Gasteiger partial charge on any atom is 0.417 e. The zero-order valence-corrected chi connectivity index (χ0v) is 19.0. The molecule has 1 aliphatic heterocycles. The van der Waals surface area contributed by atoms with Gasteiger partial charge < -0.3 is 9.16 Å². The van der Waals surface area contributed by atoms with Crippen LogP contribution in [0, 0.1) is 23.7 Å². The minimum atomic E-state index is -1.98. The third-order valence-electron chi connectivity index (χ3n) is 6.83. The molecule has 2 aliphatic carbocycles. The SMILES string of the molecule is CC(C)(C)OC(=O)N1C(=O)C2C([C@H]1CO[Si](C)(C)C(C)(C)C)[C@H]1C=C[C@@H]2C1. The summed E-state index contributed by atoms with van der Waals surface area (Å²) in [7, 11) is -1.98. The first-order valence-electron chi connectivity index (χ1n) is 10.1. The van der Waals surface area contributed by atoms with Gasteiger partial charge in [0, 0.05) is 5.92 Å². The molecule has 2 bridgehead atoms. The monoisotopic (exact) mass is 393 g/mol. The molecule has 0 aromatic rings. The van der Waals surface area contributed by atoms with Crippen molar-refractivity contribution in [2.24, 2.45) is 23.7 Å². The van der Waals surface area contributed by atoms with Crippen LogP contribution in [-0.2, 0) is 14.0 Å². The summed E-state index contributed by atoms with van der Waals surface area (Å²) >= 11 is 0. The number of rotatable bonds is 3. The van der Waals surface area contributed by atoms with Gasteiger partial charge in [-0.15, -0.1) is 0 Å². The van der Waals surface area contributed by atoms with Crippen LogP contribution in [0.2, 0.25) is 18.1 Å². The van der Waals surface area contributed by atoms with E-state index < -0.39 is 20.0 Å². The number of allylic oxidation sites excluding steroid dienone is 2. The van der Waals surface area contributed by atoms with Crippen LogP contribution in [0.1, 0.15) is 48.0 Å². The molecule has 0 N–H and O–H groups in total. The predicted octanol–water partition coefficient (Wildman–Crippen LogP) is 4.59. The molecule has 1 heterocycles. The topological polar surface area (TPSA) is 55.8 Å². The first kappa shape index (κ1) is 20.6. The number of carbonyl (C=O) groups is 2. The van der Waals surface area contributed by atoms with Crippen LogP contribution in [0.3, 0.4) is 0 Å². The molecule has 5 atom stereocenters. The van der Waals surface area contributed by atoms with Crippen LogP contribution in [0.25, 0.3) is 0 Å². The van der Waals surface area contributed by atoms with Gasteiger partial charge in [0.15, 0.2) is 8.32 Å². The molecule has 0 aromatic heterocycles. The lowest BCUT2D eigenvalue weighted by atomic mass is 9.82. The fraction of sp³-hybridized carbons (Fsp3) is 0.810. The van der Waals surface area contributed by atoms with Gasteiger partial charge >= 0.3 is 6.09 Å². The van der Waals surface area contributed by atoms with E-state index in [9.17, 15) is 9.59 Å². The molecule has 27 heavy (non-hydrogen) atoms. The molecule has 0 spiro atoms. The van der Waals surface area contributed by atoms with Crippen molar-refractivity contribution in [2.45, 2.75) is 77.7 Å². The van der Waals surface area contributed by atoms with Gasteiger partial charge in [-0.1, -0.05) is 32.9 Å². The summed E-state index contributed by atoms with van der Waals surface area (Å²) in [6.07, 6.45) is 4.90. The van der Waals surface area contributed by atoms with E-state index in [0.717, 1.165) is 6.42 Å². The first-order chi connectivity index (χ1) is 12.2. The lowest BCUT2D eigenvalue weighted by Gasteiger charge is -2.39. The third-order valence-corrected chi connectivity index (χ3v) is 11.3. The first-order valence-corrected chi connectivity index (χ1v) is 13.0. The second-order valence-corrected chi connectivity index (χ2v) is 15.7. The van der Waals surface area contributed by atoms with E-state index in [2.05, 4.69) is 46.0 Å². The number of fused-ring (bicyclic) bond motifs is 5. The summed E-state index contributed by atoms with van der Waals surface area (Å²) in [6, 6.07) is -0.230. The Morgan fingerprint density at radius 3 is 2.30 bits per heavy atom. The Kier molecular flexibility index (Phi) is 4.91. The smallest absolute Gasteiger partial charge is 0.417 e. The van der Waals surface area contributed by atoms with Crippen LogP contribution in [0.15, 0.2) is 12.2 Å². The van der Waals surface area contributed by atoms with Gasteiger partial charge in [-0.25, -0.2) is 9.69 Å². The number of hydrogen-bond donors (Lipinski definition) is 0. The molecule has 3 rings (SSSR count). The third kappa shape index (κ3) is 3.62. The number of ether oxygens (including phenoxy) is 1. The van der Waals surface area contributed by atoms with Gasteiger partial charge in [0.25, 0.3) is 0 Å². The molecule has 152 valence electrons. The lowest BCUT2D eigenvalue weighted by molar-refractivity contribution is -0.132. The number of likely N-dealkylation sites (tertiary alicyclic amines) is 1. The zero-order valence-electron chi connectivity index (χ0n) is 18.0. The molecule has 1 saturated carbocycles. The normalized spacial score (nSPS) is 33.0. The molecule has 6 heteroatoms. The Balaban J connectivity index is 1.85. The highest BCUT2D eigenvalue weighted by molar-refractivity contribution is 6.74. The summed E-state index contributed by atoms with van der Waals surface area (Å²) in [4.78, 5) is 27.5. The van der Waals surface area contributed by atoms with Crippen molar-refractivity contribution in [2.75, 3.05) is 6.61 Å². The fourth-order valence-electron chi connectivity index (χ4n) is 4.46. The molecule has 3 aliphatic rings. The van der Waals surface area contributed by atoms with Crippen LogP contribution in [-0.4, -0.2) is 43.5 Å². The fourth-order valence-corrected chi connectivity index (χ4v) is 5.48. The van der Waals surface area contributed by atoms with Crippen LogP contribution in [0.4, 0.5) is 4.79 Å². The van der Waals surface area contributed by atoms with Crippen molar-refractivity contribution < 1.29 is 18.8 Å². The minimum absolute atomic E-state index is 0.0741. The van der Waals surface area contributed by atoms with Crippen LogP contribution in [0.5, 0.6) is 0 Å². The van der Waals surface area contributed by atoms with Gasteiger partial charge in [0.1, 0.15) is 5.60 Å². The van der Waals surface area contributed by atoms with E-state index in [1.165, 1.54) is 4.90 Å². The Morgan fingerprint density at radius 1 is 1.15 bits per heavy atom. The van der Waals surface area contributed by atoms with Gasteiger partial charge in [0.05, 0.1) is 18.6 Å². The maximum absolute atomic E-state index is 13.2. The van der Waals surface area contributed by atoms with E-state index in [0.29, 0.717) is 12.5 Å². The Bertz CT molecular complexity index is 658. The quantitative estimate of drug-likeness (QED) is 0.520. The molecule has 1 saturated heterocycles. The van der Waals surface area contributed by atoms with Crippen molar-refractivity contribution in [3.63, 3.8) is 0 Å². The molecular weight excluding hydrogens is 358 g/mol. The second-order valence-electron chi connectivity index (χ2n) is 10.9. The molecule has 0 radical (unpaired) electrons. The van der Waals surface area contributed by atoms with Crippen molar-refractivity contribution >= 4 is 20.3 Å². The van der Waals surface area contributed by atoms with E-state index in [4.69, 9.17) is 9.16 Å². The largest absolute Gasteiger partial charge is 0.443 e. The van der Waals surface area contributed by atoms with E-state index in [1.807, 2.05) is 20.8 Å². The van der Waals surface area contributed by atoms with E-state index in [-0.39, 0.29) is 34.7 Å². The number of amides is 2. The van der Waals surface area contributed by atoms with Crippen LogP contribution < -0.4 is 0 Å². The Labute approximate surface area is 164 Å². The Hall–Kier alpha value is -1.14. The number of hydrogen-bond acceptors (Lipinski definition) is 4. The summed E-state index contributed by atoms with van der Waals surface area (Å²) < 4.78 is 12.0. The summed E-state index contributed by atoms with van der Waals surface area (Å²) in [6.45, 7) is 16.9. The predicted molar refractivity (Wildman–Crippen MR) is 108 cm³/mol. The molecular formula is C21H35NO4Si. The zero-order chi connectivity index (χ0) is 20.4. The van der Waals surface area contributed by atoms with Gasteiger partial charge in [-0.3, -0.25) is 4.79 Å². The van der Waals surface area contributed by atoms with Crippen molar-refractivity contribution in [3.05, 3.63) is 12.2 Å². The standard InChI is InChI=1S/C21H35NO4Si/c1-20(2,3)26-19(24)22-15(12-25-27(7,8)21(4,5)6)16-13-9-10-14(11-13)17(16)18(22)23/h9-10,13-17H,11-12H2,1-8H3/t13-,14+,15+,16?,17?/m0/s1.